The monoisotopic (exact) mass is 482 g/mol. The third kappa shape index (κ3) is 6.47. The summed E-state index contributed by atoms with van der Waals surface area (Å²) >= 11 is 0. The number of nitrogens with one attached hydrogen (secondary N) is 2. The van der Waals surface area contributed by atoms with Crippen LogP contribution in [-0.2, 0) is 12.4 Å². The largest absolute Gasteiger partial charge is 0.481 e. The molecule has 1 amide bonds. The molecule has 0 aliphatic rings. The van der Waals surface area contributed by atoms with E-state index >= 15 is 0 Å². The molecule has 0 radical (unpaired) electrons. The second kappa shape index (κ2) is 9.81. The Morgan fingerprint density at radius 3 is 2.12 bits per heavy atom. The molecule has 34 heavy (non-hydrogen) atoms. The molecule has 0 bridgehead atoms. The molecule has 0 fully saturated rings. The number of benzene rings is 2. The predicted octanol–water partition coefficient (Wildman–Crippen LogP) is 5.85. The topological polar surface area (TPSA) is 75.6 Å². The molecule has 2 N–H and O–H groups in total. The van der Waals surface area contributed by atoms with Gasteiger partial charge in [-0.15, -0.1) is 0 Å². The van der Waals surface area contributed by atoms with Gasteiger partial charge >= 0.3 is 12.4 Å². The standard InChI is InChI=1S/C22H16F6N4O2/c1-34-18-10-4-9-17(30-18)31-20(29-16-8-3-7-15(12-16)22(26,27)28)32-19(33)13-5-2-6-14(11-13)21(23,24)25/h2-12H,1H3,(H2,29,30,31,32,33). The Bertz CT molecular complexity index is 1210. The lowest BCUT2D eigenvalue weighted by molar-refractivity contribution is -0.138. The first-order valence-electron chi connectivity index (χ1n) is 9.48. The van der Waals surface area contributed by atoms with Gasteiger partial charge in [0.2, 0.25) is 11.8 Å². The summed E-state index contributed by atoms with van der Waals surface area (Å²) in [6.07, 6.45) is -9.30. The number of hydrogen-bond acceptors (Lipinski definition) is 3. The number of hydrogen-bond donors (Lipinski definition) is 2. The van der Waals surface area contributed by atoms with E-state index in [0.29, 0.717) is 6.07 Å². The van der Waals surface area contributed by atoms with Crippen molar-refractivity contribution in [3.63, 3.8) is 0 Å². The van der Waals surface area contributed by atoms with Crippen molar-refractivity contribution >= 4 is 23.4 Å². The minimum absolute atomic E-state index is 0.0826. The fraction of sp³-hybridized carbons (Fsp3) is 0.136. The van der Waals surface area contributed by atoms with Crippen LogP contribution in [-0.4, -0.2) is 24.0 Å². The lowest BCUT2D eigenvalue weighted by atomic mass is 10.1. The summed E-state index contributed by atoms with van der Waals surface area (Å²) in [7, 11) is 1.36. The van der Waals surface area contributed by atoms with Gasteiger partial charge in [-0.25, -0.2) is 0 Å². The summed E-state index contributed by atoms with van der Waals surface area (Å²) in [4.78, 5) is 20.4. The Morgan fingerprint density at radius 2 is 1.47 bits per heavy atom. The fourth-order valence-electron chi connectivity index (χ4n) is 2.71. The van der Waals surface area contributed by atoms with Crippen molar-refractivity contribution < 1.29 is 35.9 Å². The number of guanidine groups is 1. The number of amides is 1. The fourth-order valence-corrected chi connectivity index (χ4v) is 2.71. The van der Waals surface area contributed by atoms with Gasteiger partial charge in [0.15, 0.2) is 0 Å². The van der Waals surface area contributed by atoms with E-state index in [1.165, 1.54) is 25.3 Å². The van der Waals surface area contributed by atoms with Crippen LogP contribution in [0.5, 0.6) is 5.88 Å². The van der Waals surface area contributed by atoms with Gasteiger partial charge in [-0.3, -0.25) is 4.79 Å². The summed E-state index contributed by atoms with van der Waals surface area (Å²) in [5.74, 6) is -1.15. The van der Waals surface area contributed by atoms with E-state index in [4.69, 9.17) is 4.74 Å². The number of carbonyl (C=O) groups excluding carboxylic acids is 1. The van der Waals surface area contributed by atoms with E-state index in [2.05, 4.69) is 20.6 Å². The van der Waals surface area contributed by atoms with E-state index in [9.17, 15) is 31.1 Å². The molecule has 0 saturated carbocycles. The number of halogens is 6. The molecule has 178 valence electrons. The highest BCUT2D eigenvalue weighted by Crippen LogP contribution is 2.31. The molecule has 3 aromatic rings. The van der Waals surface area contributed by atoms with E-state index in [0.717, 1.165) is 36.4 Å². The second-order valence-electron chi connectivity index (χ2n) is 6.74. The van der Waals surface area contributed by atoms with Gasteiger partial charge in [-0.1, -0.05) is 18.2 Å². The number of methoxy groups -OCH3 is 1. The Hall–Kier alpha value is -4.09. The molecule has 0 aliphatic carbocycles. The predicted molar refractivity (Wildman–Crippen MR) is 113 cm³/mol. The highest BCUT2D eigenvalue weighted by atomic mass is 19.4. The van der Waals surface area contributed by atoms with Crippen molar-refractivity contribution in [3.8, 4) is 5.88 Å². The van der Waals surface area contributed by atoms with Gasteiger partial charge in [0.25, 0.3) is 5.91 Å². The first kappa shape index (κ1) is 24.6. The molecule has 0 spiro atoms. The smallest absolute Gasteiger partial charge is 0.416 e. The van der Waals surface area contributed by atoms with Gasteiger partial charge < -0.3 is 15.4 Å². The zero-order valence-corrected chi connectivity index (χ0v) is 17.3. The molecule has 3 rings (SSSR count). The van der Waals surface area contributed by atoms with Gasteiger partial charge in [0.1, 0.15) is 5.82 Å². The van der Waals surface area contributed by atoms with Crippen LogP contribution in [0.2, 0.25) is 0 Å². The Morgan fingerprint density at radius 1 is 0.853 bits per heavy atom. The van der Waals surface area contributed by atoms with Crippen LogP contribution in [0.25, 0.3) is 0 Å². The number of anilines is 2. The first-order valence-corrected chi connectivity index (χ1v) is 9.48. The number of rotatable bonds is 4. The van der Waals surface area contributed by atoms with Gasteiger partial charge in [-0.2, -0.15) is 36.3 Å². The van der Waals surface area contributed by atoms with Crippen molar-refractivity contribution in [2.24, 2.45) is 4.99 Å². The molecular weight excluding hydrogens is 466 g/mol. The molecule has 1 heterocycles. The number of ether oxygens (including phenoxy) is 1. The first-order chi connectivity index (χ1) is 16.0. The van der Waals surface area contributed by atoms with E-state index in [1.807, 2.05) is 0 Å². The Balaban J connectivity index is 1.97. The SMILES string of the molecule is COc1cccc(N/C(=N\C(=O)c2cccc(C(F)(F)F)c2)Nc2cccc(C(F)(F)F)c2)n1. The summed E-state index contributed by atoms with van der Waals surface area (Å²) < 4.78 is 83.1. The number of aromatic nitrogens is 1. The highest BCUT2D eigenvalue weighted by Gasteiger charge is 2.31. The average Bonchev–Trinajstić information content (AvgIpc) is 2.78. The van der Waals surface area contributed by atoms with Crippen LogP contribution >= 0.6 is 0 Å². The minimum Gasteiger partial charge on any atom is -0.481 e. The third-order valence-electron chi connectivity index (χ3n) is 4.28. The molecule has 0 unspecified atom stereocenters. The van der Waals surface area contributed by atoms with Crippen LogP contribution in [0.15, 0.2) is 71.7 Å². The molecule has 0 atom stereocenters. The number of carbonyl (C=O) groups is 1. The molecule has 6 nitrogen and oxygen atoms in total. The van der Waals surface area contributed by atoms with Crippen molar-refractivity contribution in [2.75, 3.05) is 17.7 Å². The van der Waals surface area contributed by atoms with Crippen LogP contribution < -0.4 is 15.4 Å². The average molecular weight is 482 g/mol. The zero-order valence-electron chi connectivity index (χ0n) is 17.3. The summed E-state index contributed by atoms with van der Waals surface area (Å²) in [6.45, 7) is 0. The Kier molecular flexibility index (Phi) is 7.08. The van der Waals surface area contributed by atoms with Crippen molar-refractivity contribution in [2.45, 2.75) is 12.4 Å². The summed E-state index contributed by atoms with van der Waals surface area (Å²) in [5.41, 5.74) is -2.47. The molecule has 2 aromatic carbocycles. The van der Waals surface area contributed by atoms with Gasteiger partial charge in [0, 0.05) is 17.3 Å². The maximum absolute atomic E-state index is 13.1. The second-order valence-corrected chi connectivity index (χ2v) is 6.74. The highest BCUT2D eigenvalue weighted by molar-refractivity contribution is 6.11. The number of pyridine rings is 1. The third-order valence-corrected chi connectivity index (χ3v) is 4.28. The molecular formula is C22H16F6N4O2. The molecule has 1 aromatic heterocycles. The normalized spacial score (nSPS) is 12.3. The lowest BCUT2D eigenvalue weighted by Crippen LogP contribution is -2.24. The van der Waals surface area contributed by atoms with Crippen LogP contribution in [0, 0.1) is 0 Å². The van der Waals surface area contributed by atoms with Gasteiger partial charge in [0.05, 0.1) is 18.2 Å². The van der Waals surface area contributed by atoms with E-state index < -0.39 is 29.4 Å². The van der Waals surface area contributed by atoms with Crippen LogP contribution in [0.3, 0.4) is 0 Å². The molecule has 0 aliphatic heterocycles. The van der Waals surface area contributed by atoms with E-state index in [-0.39, 0.29) is 28.9 Å². The lowest BCUT2D eigenvalue weighted by Gasteiger charge is -2.14. The van der Waals surface area contributed by atoms with Crippen molar-refractivity contribution in [1.29, 1.82) is 0 Å². The van der Waals surface area contributed by atoms with E-state index in [1.54, 1.807) is 6.07 Å². The number of aliphatic imine (C=N–C) groups is 1. The summed E-state index contributed by atoms with van der Waals surface area (Å²) in [6, 6.07) is 12.2. The number of alkyl halides is 6. The van der Waals surface area contributed by atoms with Gasteiger partial charge in [-0.05, 0) is 42.5 Å². The van der Waals surface area contributed by atoms with Crippen LogP contribution in [0.1, 0.15) is 21.5 Å². The zero-order chi connectivity index (χ0) is 24.9. The maximum atomic E-state index is 13.1. The molecule has 12 heteroatoms. The summed E-state index contributed by atoms with van der Waals surface area (Å²) in [5, 5.41) is 5.17. The van der Waals surface area contributed by atoms with Crippen LogP contribution in [0.4, 0.5) is 37.8 Å². The quantitative estimate of drug-likeness (QED) is 0.277. The Labute approximate surface area is 189 Å². The number of nitrogens with zero attached hydrogens (tertiary/aromatic N) is 2. The van der Waals surface area contributed by atoms with Crippen molar-refractivity contribution in [1.82, 2.24) is 4.98 Å². The minimum atomic E-state index is -4.68. The van der Waals surface area contributed by atoms with Crippen molar-refractivity contribution in [3.05, 3.63) is 83.4 Å². The molecule has 0 saturated heterocycles. The maximum Gasteiger partial charge on any atom is 0.416 e.